The van der Waals surface area contributed by atoms with Gasteiger partial charge in [0.05, 0.1) is 133 Å². The highest BCUT2D eigenvalue weighted by Gasteiger charge is 2.64. The van der Waals surface area contributed by atoms with E-state index in [2.05, 4.69) is 167 Å². The fraction of sp³-hybridized carbons (Fsp3) is 0.475. The maximum absolute atomic E-state index is 10.5. The third-order valence-electron chi connectivity index (χ3n) is 26.8. The lowest BCUT2D eigenvalue weighted by atomic mass is 9.49. The summed E-state index contributed by atoms with van der Waals surface area (Å²) in [5.74, 6) is 0.563. The van der Waals surface area contributed by atoms with Crippen molar-refractivity contribution in [3.63, 3.8) is 0 Å². The van der Waals surface area contributed by atoms with Crippen molar-refractivity contribution in [1.29, 1.82) is 21.0 Å². The molecule has 0 atom stereocenters. The van der Waals surface area contributed by atoms with Crippen LogP contribution in [0.3, 0.4) is 0 Å². The summed E-state index contributed by atoms with van der Waals surface area (Å²) in [4.78, 5) is 28.1. The number of anilines is 8. The number of aryl methyl sites for hydroxylation is 3. The van der Waals surface area contributed by atoms with Crippen molar-refractivity contribution < 1.29 is 40.5 Å². The van der Waals surface area contributed by atoms with Crippen LogP contribution in [0, 0.1) is 94.3 Å². The predicted molar refractivity (Wildman–Crippen MR) is 564 cm³/mol. The van der Waals surface area contributed by atoms with Crippen LogP contribution in [0.2, 0.25) is 15.7 Å². The number of nitrogens with one attached hydrogen (secondary N) is 5. The van der Waals surface area contributed by atoms with E-state index in [9.17, 15) is 13.7 Å². The zero-order valence-electron chi connectivity index (χ0n) is 82.7. The van der Waals surface area contributed by atoms with E-state index < -0.39 is 29.7 Å². The minimum Gasteiger partial charge on any atom is -0.405 e. The molecule has 9 N–H and O–H groups in total. The van der Waals surface area contributed by atoms with Gasteiger partial charge in [0.2, 0.25) is 16.5 Å². The number of benzene rings is 5. The quantitative estimate of drug-likeness (QED) is 0.00781. The van der Waals surface area contributed by atoms with Crippen molar-refractivity contribution in [3.8, 4) is 46.8 Å². The monoisotopic (exact) mass is 2120 g/mol. The van der Waals surface area contributed by atoms with Gasteiger partial charge in [0, 0.05) is 124 Å². The zero-order valence-corrected chi connectivity index (χ0v) is 89.0. The van der Waals surface area contributed by atoms with Gasteiger partial charge in [-0.25, -0.2) is 36.5 Å². The molecular formula is C101H124B3Br2Cl3N22O9S. The third kappa shape index (κ3) is 31.5. The molecule has 7 aliphatic carbocycles. The summed E-state index contributed by atoms with van der Waals surface area (Å²) >= 11 is 23.5. The normalized spacial score (nSPS) is 19.2. The second kappa shape index (κ2) is 45.6. The van der Waals surface area contributed by atoms with Crippen LogP contribution < -0.4 is 43.5 Å². The van der Waals surface area contributed by atoms with E-state index in [1.54, 1.807) is 18.6 Å². The first-order chi connectivity index (χ1) is 66.5. The molecule has 5 aromatic heterocycles. The van der Waals surface area contributed by atoms with Gasteiger partial charge in [-0.15, -0.1) is 0 Å². The van der Waals surface area contributed by atoms with Crippen LogP contribution in [-0.4, -0.2) is 157 Å². The van der Waals surface area contributed by atoms with Gasteiger partial charge in [-0.1, -0.05) is 79.9 Å². The molecule has 0 amide bonds. The number of hydrogen-bond donors (Lipinski definition) is 7. The number of aromatic nitrogens is 10. The lowest BCUT2D eigenvalue weighted by Gasteiger charge is -2.32. The van der Waals surface area contributed by atoms with Crippen molar-refractivity contribution in [2.45, 2.75) is 245 Å². The van der Waals surface area contributed by atoms with Gasteiger partial charge in [0.25, 0.3) is 15.7 Å². The number of rotatable bonds is 23. The summed E-state index contributed by atoms with van der Waals surface area (Å²) in [6.45, 7) is 39.9. The van der Waals surface area contributed by atoms with Crippen LogP contribution in [0.25, 0.3) is 27.4 Å². The molecule has 8 heterocycles. The maximum Gasteiger partial charge on any atom is 0.494 e. The van der Waals surface area contributed by atoms with Crippen LogP contribution in [-0.2, 0) is 42.2 Å². The van der Waals surface area contributed by atoms with Gasteiger partial charge in [0.1, 0.15) is 11.8 Å². The highest BCUT2D eigenvalue weighted by Crippen LogP contribution is 2.50. The van der Waals surface area contributed by atoms with Crippen LogP contribution in [0.15, 0.2) is 174 Å². The molecular weight excluding hydrogens is 2000 g/mol. The van der Waals surface area contributed by atoms with E-state index in [-0.39, 0.29) is 79.6 Å². The highest BCUT2D eigenvalue weighted by molar-refractivity contribution is 9.10. The molecule has 10 aliphatic rings. The number of nitrogen functional groups attached to an aromatic ring is 2. The summed E-state index contributed by atoms with van der Waals surface area (Å²) in [5.41, 5.74) is 22.0. The van der Waals surface area contributed by atoms with E-state index >= 15 is 0 Å². The maximum atomic E-state index is 10.5. The van der Waals surface area contributed by atoms with Crippen molar-refractivity contribution in [2.24, 2.45) is 21.7 Å². The fourth-order valence-corrected chi connectivity index (χ4v) is 15.2. The summed E-state index contributed by atoms with van der Waals surface area (Å²) in [5, 5.41) is 62.2. The number of hydrogen-bond acceptors (Lipinski definition) is 28. The van der Waals surface area contributed by atoms with E-state index in [0.717, 1.165) is 177 Å². The van der Waals surface area contributed by atoms with Gasteiger partial charge in [-0.3, -0.25) is 13.5 Å². The number of nitrogens with zero attached hydrogens (tertiary/aromatic N) is 15. The number of nitriles is 4. The van der Waals surface area contributed by atoms with Gasteiger partial charge in [0.15, 0.2) is 0 Å². The first kappa shape index (κ1) is 109. The predicted octanol–water partition coefficient (Wildman–Crippen LogP) is 21.7. The largest absolute Gasteiger partial charge is 0.494 e. The molecule has 7 saturated carbocycles. The molecule has 10 fully saturated rings. The molecule has 3 aliphatic heterocycles. The second-order valence-electron chi connectivity index (χ2n) is 40.5. The Morgan fingerprint density at radius 3 is 1.15 bits per heavy atom. The van der Waals surface area contributed by atoms with Crippen LogP contribution >= 0.6 is 66.7 Å². The molecule has 141 heavy (non-hydrogen) atoms. The molecule has 5 aromatic carbocycles. The Morgan fingerprint density at radius 1 is 0.461 bits per heavy atom. The average molecular weight is 2120 g/mol. The van der Waals surface area contributed by atoms with Crippen LogP contribution in [0.5, 0.6) is 0 Å². The molecule has 3 saturated heterocycles. The molecule has 0 radical (unpaired) electrons. The number of nitrogens with two attached hydrogens (primary N) is 2. The van der Waals surface area contributed by atoms with Gasteiger partial charge < -0.3 is 70.8 Å². The Kier molecular flexibility index (Phi) is 35.4. The smallest absolute Gasteiger partial charge is 0.405 e. The van der Waals surface area contributed by atoms with E-state index in [4.69, 9.17) is 102 Å². The van der Waals surface area contributed by atoms with Gasteiger partial charge >= 0.3 is 21.1 Å². The SMILES string of the molecule is CC1(C)OB(B2OC(C)(C)C(C)(C)O2)OC1(C)C.CC1(C)OB(c2ccc(NCC3(C#N)CC3)cc2)OC1(C)C.Cc1cnc(Cl)nc1-c1ccc(NCC2(C#N)CC2)cc1.Cc1cnc(Cl)nc1Cl.Cc1cnc(Nc2cnn(C3CC3)c2)nc1-c1ccc(NCC2(C#N)CC2)cc1.N#CC1(CNc2ccc(Br)cc2)CC1.Nc1ccc(Br)cc1.Nc1cnn(C2CC2)c1.[C-]#[N+]C1(COS(C)(=O)=O)CC1. The molecule has 0 spiro atoms. The average Bonchev–Trinajstić information content (AvgIpc) is 1.59. The van der Waals surface area contributed by atoms with Crippen molar-refractivity contribution >= 4 is 149 Å². The minimum atomic E-state index is -3.37. The topological polar surface area (TPSA) is 423 Å². The molecule has 40 heteroatoms. The van der Waals surface area contributed by atoms with Crippen LogP contribution in [0.1, 0.15) is 202 Å². The van der Waals surface area contributed by atoms with Gasteiger partial charge in [-0.2, -0.15) is 39.7 Å². The molecule has 0 unspecified atom stereocenters. The summed E-state index contributed by atoms with van der Waals surface area (Å²) in [6, 6.07) is 50.6. The standard InChI is InChI=1S/C22H23N7.C17H23BN2O2.C16H15ClN4.C12H24B2O4.C11H11BrN2.C6H6BrN.C6H9N3.C6H9NO3S.C5H4Cl2N2/c1-15-10-24-21(27-18-11-26-29(12-18)19-6-7-19)28-20(15)16-2-4-17(5-3-16)25-14-22(13-23)8-9-22;1-15(2)16(3,4)22-18(21-15)13-5-7-14(8-6-13)20-12-17(11-19)9-10-17;1-11-8-19-15(17)21-14(11)12-2-4-13(5-3-12)20-10-16(9-18)6-7-16;1-9(2)10(3,4)16-13(15-9)14-17-11(5,6)12(7,8)18-14;12-9-1-3-10(4-2-9)14-8-11(7-13)5-6-11;7-5-1-3-6(8)4-2-5;7-5-3-8-9(4-5)6-1-2-6;1-7-6(3-4-6)5-10-11(2,8)9;1-3-2-8-5(7)9-4(3)6/h2-5,10-12,19,25H,6-9,14H2,1H3,(H,24,27,28);5-8,20H,9-10,12H2,1-4H3;2-5,8,20H,6-7,10H2,1H3;1-8H3;1-4,14H,5-6,8H2;1-4H,8H2;3-4,6H,1-2,7H2;3-5H2,2H3;2H,1H3. The third-order valence-corrected chi connectivity index (χ3v) is 29.2. The summed E-state index contributed by atoms with van der Waals surface area (Å²) < 4.78 is 67.5. The Hall–Kier alpha value is -10.5. The molecule has 10 aromatic rings. The van der Waals surface area contributed by atoms with Crippen molar-refractivity contribution in [3.05, 3.63) is 217 Å². The molecule has 20 rings (SSSR count). The Labute approximate surface area is 861 Å². The second-order valence-corrected chi connectivity index (χ2v) is 45.0. The first-order valence-electron chi connectivity index (χ1n) is 47.0. The van der Waals surface area contributed by atoms with Crippen molar-refractivity contribution in [2.75, 3.05) is 77.1 Å². The van der Waals surface area contributed by atoms with E-state index in [1.807, 2.05) is 220 Å². The van der Waals surface area contributed by atoms with Crippen molar-refractivity contribution in [1.82, 2.24) is 49.5 Å². The summed E-state index contributed by atoms with van der Waals surface area (Å²) in [6.07, 6.45) is 28.0. The zero-order chi connectivity index (χ0) is 102. The molecule has 742 valence electrons. The number of halogens is 5. The lowest BCUT2D eigenvalue weighted by molar-refractivity contribution is 0.00578. The Balaban J connectivity index is 0.000000146. The van der Waals surface area contributed by atoms with E-state index in [0.29, 0.717) is 36.3 Å². The van der Waals surface area contributed by atoms with Gasteiger partial charge in [-0.05, 0) is 306 Å². The minimum absolute atomic E-state index is 0.0231. The first-order valence-corrected chi connectivity index (χ1v) is 51.6. The Morgan fingerprint density at radius 2 is 0.809 bits per heavy atom. The molecule has 31 nitrogen and oxygen atoms in total. The highest BCUT2D eigenvalue weighted by atomic mass is 79.9. The van der Waals surface area contributed by atoms with Crippen LogP contribution in [0.4, 0.5) is 45.8 Å². The summed E-state index contributed by atoms with van der Waals surface area (Å²) in [7, 11) is -4.65. The van der Waals surface area contributed by atoms with E-state index in [1.165, 1.54) is 25.7 Å². The Bertz CT molecular complexity index is 6190. The molecule has 0 bridgehead atoms. The fourth-order valence-electron chi connectivity index (χ4n) is 13.8. The lowest BCUT2D eigenvalue weighted by Crippen LogP contribution is -2.41.